The summed E-state index contributed by atoms with van der Waals surface area (Å²) in [6, 6.07) is 0. The molecule has 0 saturated heterocycles. The summed E-state index contributed by atoms with van der Waals surface area (Å²) in [5.74, 6) is 2.10. The summed E-state index contributed by atoms with van der Waals surface area (Å²) in [5, 5.41) is 9.96. The molecule has 1 N–H and O–H groups in total. The Bertz CT molecular complexity index is 144. The lowest BCUT2D eigenvalue weighted by molar-refractivity contribution is 0.0270. The first-order valence-electron chi connectivity index (χ1n) is 5.84. The normalized spacial score (nSPS) is 37.4. The first kappa shape index (κ1) is 11.0. The van der Waals surface area contributed by atoms with Crippen molar-refractivity contribution in [1.82, 2.24) is 0 Å². The first-order chi connectivity index (χ1) is 6.16. The second-order valence-corrected chi connectivity index (χ2v) is 4.79. The molecular weight excluding hydrogens is 160 g/mol. The number of aliphatic hydroxyl groups is 1. The van der Waals surface area contributed by atoms with Crippen LogP contribution in [0.4, 0.5) is 0 Å². The van der Waals surface area contributed by atoms with E-state index in [9.17, 15) is 5.11 Å². The van der Waals surface area contributed by atoms with Gasteiger partial charge in [0.15, 0.2) is 0 Å². The summed E-state index contributed by atoms with van der Waals surface area (Å²) in [6.45, 7) is 6.79. The fraction of sp³-hybridized carbons (Fsp3) is 1.00. The zero-order valence-electron chi connectivity index (χ0n) is 9.29. The van der Waals surface area contributed by atoms with Gasteiger partial charge in [-0.25, -0.2) is 0 Å². The van der Waals surface area contributed by atoms with E-state index >= 15 is 0 Å². The summed E-state index contributed by atoms with van der Waals surface area (Å²) in [5.41, 5.74) is 0. The highest BCUT2D eigenvalue weighted by Crippen LogP contribution is 2.37. The Morgan fingerprint density at radius 1 is 1.31 bits per heavy atom. The maximum absolute atomic E-state index is 9.96. The van der Waals surface area contributed by atoms with Gasteiger partial charge in [-0.2, -0.15) is 0 Å². The molecule has 13 heavy (non-hydrogen) atoms. The van der Waals surface area contributed by atoms with Gasteiger partial charge in [-0.05, 0) is 30.6 Å². The molecule has 0 heterocycles. The molecule has 4 unspecified atom stereocenters. The molecule has 1 fully saturated rings. The lowest BCUT2D eigenvalue weighted by atomic mass is 9.71. The molecule has 0 radical (unpaired) electrons. The summed E-state index contributed by atoms with van der Waals surface area (Å²) in [7, 11) is 0. The van der Waals surface area contributed by atoms with Gasteiger partial charge >= 0.3 is 0 Å². The molecule has 0 spiro atoms. The maximum Gasteiger partial charge on any atom is 0.0570 e. The molecule has 1 rings (SSSR count). The highest BCUT2D eigenvalue weighted by atomic mass is 16.3. The van der Waals surface area contributed by atoms with E-state index < -0.39 is 0 Å². The molecule has 1 heteroatoms. The lowest BCUT2D eigenvalue weighted by Gasteiger charge is -2.37. The quantitative estimate of drug-likeness (QED) is 0.714. The number of aliphatic hydroxyl groups excluding tert-OH is 1. The van der Waals surface area contributed by atoms with E-state index in [1.54, 1.807) is 0 Å². The van der Waals surface area contributed by atoms with Crippen molar-refractivity contribution in [3.05, 3.63) is 0 Å². The minimum Gasteiger partial charge on any atom is -0.393 e. The number of rotatable bonds is 3. The van der Waals surface area contributed by atoms with Crippen molar-refractivity contribution in [2.24, 2.45) is 17.8 Å². The topological polar surface area (TPSA) is 20.2 Å². The smallest absolute Gasteiger partial charge is 0.0570 e. The molecule has 1 aliphatic carbocycles. The SMILES string of the molecule is CCCC(O)C1CCCC(C)C1C. The molecule has 0 bridgehead atoms. The van der Waals surface area contributed by atoms with Crippen LogP contribution in [0.15, 0.2) is 0 Å². The number of hydrogen-bond acceptors (Lipinski definition) is 1. The maximum atomic E-state index is 9.96. The Labute approximate surface area is 82.5 Å². The van der Waals surface area contributed by atoms with Crippen molar-refractivity contribution in [2.75, 3.05) is 0 Å². The van der Waals surface area contributed by atoms with Crippen LogP contribution < -0.4 is 0 Å². The third-order valence-electron chi connectivity index (χ3n) is 3.85. The summed E-state index contributed by atoms with van der Waals surface area (Å²) in [6.07, 6.45) is 5.98. The average molecular weight is 184 g/mol. The van der Waals surface area contributed by atoms with Crippen molar-refractivity contribution >= 4 is 0 Å². The van der Waals surface area contributed by atoms with Crippen molar-refractivity contribution in [1.29, 1.82) is 0 Å². The van der Waals surface area contributed by atoms with Crippen LogP contribution in [0.3, 0.4) is 0 Å². The summed E-state index contributed by atoms with van der Waals surface area (Å²) >= 11 is 0. The molecular formula is C12H24O. The third-order valence-corrected chi connectivity index (χ3v) is 3.85. The van der Waals surface area contributed by atoms with Crippen LogP contribution in [0.1, 0.15) is 52.9 Å². The predicted molar refractivity (Wildman–Crippen MR) is 56.6 cm³/mol. The van der Waals surface area contributed by atoms with E-state index in [0.29, 0.717) is 5.92 Å². The van der Waals surface area contributed by atoms with E-state index in [0.717, 1.165) is 24.7 Å². The molecule has 78 valence electrons. The predicted octanol–water partition coefficient (Wildman–Crippen LogP) is 3.22. The van der Waals surface area contributed by atoms with Crippen molar-refractivity contribution in [2.45, 2.75) is 59.0 Å². The average Bonchev–Trinajstić information content (AvgIpc) is 2.10. The molecule has 0 amide bonds. The van der Waals surface area contributed by atoms with E-state index in [2.05, 4.69) is 20.8 Å². The van der Waals surface area contributed by atoms with Crippen LogP contribution in [0.2, 0.25) is 0 Å². The zero-order valence-corrected chi connectivity index (χ0v) is 9.29. The molecule has 0 aromatic carbocycles. The molecule has 1 saturated carbocycles. The van der Waals surface area contributed by atoms with Gasteiger partial charge in [0.25, 0.3) is 0 Å². The van der Waals surface area contributed by atoms with Gasteiger partial charge in [-0.15, -0.1) is 0 Å². The summed E-state index contributed by atoms with van der Waals surface area (Å²) in [4.78, 5) is 0. The highest BCUT2D eigenvalue weighted by Gasteiger charge is 2.31. The molecule has 4 atom stereocenters. The summed E-state index contributed by atoms with van der Waals surface area (Å²) < 4.78 is 0. The minimum absolute atomic E-state index is 0.0391. The van der Waals surface area contributed by atoms with Gasteiger partial charge in [-0.1, -0.05) is 40.0 Å². The molecule has 0 aliphatic heterocycles. The van der Waals surface area contributed by atoms with E-state index in [-0.39, 0.29) is 6.10 Å². The molecule has 1 aliphatic rings. The van der Waals surface area contributed by atoms with Crippen LogP contribution in [0, 0.1) is 17.8 Å². The molecule has 1 nitrogen and oxygen atoms in total. The van der Waals surface area contributed by atoms with Crippen molar-refractivity contribution in [3.8, 4) is 0 Å². The van der Waals surface area contributed by atoms with E-state index in [1.165, 1.54) is 19.3 Å². The van der Waals surface area contributed by atoms with E-state index in [4.69, 9.17) is 0 Å². The van der Waals surface area contributed by atoms with Gasteiger partial charge in [0.1, 0.15) is 0 Å². The fourth-order valence-electron chi connectivity index (χ4n) is 2.68. The van der Waals surface area contributed by atoms with Gasteiger partial charge in [0, 0.05) is 0 Å². The van der Waals surface area contributed by atoms with Crippen LogP contribution in [0.25, 0.3) is 0 Å². The van der Waals surface area contributed by atoms with Gasteiger partial charge < -0.3 is 5.11 Å². The Morgan fingerprint density at radius 3 is 2.62 bits per heavy atom. The second kappa shape index (κ2) is 4.99. The van der Waals surface area contributed by atoms with Crippen LogP contribution in [-0.4, -0.2) is 11.2 Å². The van der Waals surface area contributed by atoms with Gasteiger partial charge in [-0.3, -0.25) is 0 Å². The monoisotopic (exact) mass is 184 g/mol. The molecule has 0 aromatic heterocycles. The third kappa shape index (κ3) is 2.70. The Morgan fingerprint density at radius 2 is 2.00 bits per heavy atom. The molecule has 0 aromatic rings. The lowest BCUT2D eigenvalue weighted by Crippen LogP contribution is -2.33. The fourth-order valence-corrected chi connectivity index (χ4v) is 2.68. The van der Waals surface area contributed by atoms with Crippen LogP contribution in [-0.2, 0) is 0 Å². The Balaban J connectivity index is 2.46. The largest absolute Gasteiger partial charge is 0.393 e. The van der Waals surface area contributed by atoms with Crippen LogP contribution in [0.5, 0.6) is 0 Å². The van der Waals surface area contributed by atoms with Crippen LogP contribution >= 0.6 is 0 Å². The Kier molecular flexibility index (Phi) is 4.24. The van der Waals surface area contributed by atoms with E-state index in [1.807, 2.05) is 0 Å². The second-order valence-electron chi connectivity index (χ2n) is 4.79. The minimum atomic E-state index is -0.0391. The number of hydrogen-bond donors (Lipinski definition) is 1. The van der Waals surface area contributed by atoms with Gasteiger partial charge in [0.05, 0.1) is 6.10 Å². The Hall–Kier alpha value is -0.0400. The first-order valence-corrected chi connectivity index (χ1v) is 5.84. The van der Waals surface area contributed by atoms with Crippen molar-refractivity contribution < 1.29 is 5.11 Å². The highest BCUT2D eigenvalue weighted by molar-refractivity contribution is 4.81. The standard InChI is InChI=1S/C12H24O/c1-4-6-12(13)11-8-5-7-9(2)10(11)3/h9-13H,4-8H2,1-3H3. The van der Waals surface area contributed by atoms with Gasteiger partial charge in [0.2, 0.25) is 0 Å². The van der Waals surface area contributed by atoms with Crippen molar-refractivity contribution in [3.63, 3.8) is 0 Å². The zero-order chi connectivity index (χ0) is 9.84.